The number of aliphatic carboxylic acids is 1. The van der Waals surface area contributed by atoms with E-state index < -0.39 is 5.97 Å². The number of nitrogens with zero attached hydrogens (tertiary/aromatic N) is 1. The zero-order valence-corrected chi connectivity index (χ0v) is 11.8. The molecule has 0 aromatic heterocycles. The lowest BCUT2D eigenvalue weighted by molar-refractivity contribution is -0.131. The van der Waals surface area contributed by atoms with Gasteiger partial charge in [-0.1, -0.05) is 17.7 Å². The van der Waals surface area contributed by atoms with Crippen molar-refractivity contribution in [3.63, 3.8) is 0 Å². The normalized spacial score (nSPS) is 10.8. The highest BCUT2D eigenvalue weighted by molar-refractivity contribution is 6.32. The van der Waals surface area contributed by atoms with Gasteiger partial charge in [0.25, 0.3) is 5.91 Å². The van der Waals surface area contributed by atoms with Crippen LogP contribution in [0.5, 0.6) is 0 Å². The van der Waals surface area contributed by atoms with Gasteiger partial charge in [-0.05, 0) is 30.7 Å². The maximum atomic E-state index is 12.1. The molecule has 20 heavy (non-hydrogen) atoms. The fourth-order valence-electron chi connectivity index (χ4n) is 1.66. The van der Waals surface area contributed by atoms with Crippen LogP contribution >= 0.6 is 11.6 Å². The third-order valence-electron chi connectivity index (χ3n) is 2.69. The predicted molar refractivity (Wildman–Crippen MR) is 76.8 cm³/mol. The van der Waals surface area contributed by atoms with Crippen molar-refractivity contribution in [3.05, 3.63) is 40.4 Å². The van der Waals surface area contributed by atoms with E-state index in [2.05, 4.69) is 0 Å². The molecule has 0 bridgehead atoms. The molecule has 0 saturated carbocycles. The Balaban J connectivity index is 2.96. The lowest BCUT2D eigenvalue weighted by Crippen LogP contribution is -2.33. The number of carbonyl (C=O) groups is 2. The van der Waals surface area contributed by atoms with Crippen molar-refractivity contribution in [1.82, 2.24) is 4.90 Å². The smallest absolute Gasteiger partial charge is 0.328 e. The highest BCUT2D eigenvalue weighted by Crippen LogP contribution is 2.20. The van der Waals surface area contributed by atoms with Crippen LogP contribution in [0, 0.1) is 0 Å². The van der Waals surface area contributed by atoms with E-state index in [4.69, 9.17) is 21.8 Å². The predicted octanol–water partition coefficient (Wildman–Crippen LogP) is 1.89. The number of rotatable bonds is 6. The molecular formula is C14H16ClNO4. The van der Waals surface area contributed by atoms with Crippen molar-refractivity contribution in [3.8, 4) is 0 Å². The summed E-state index contributed by atoms with van der Waals surface area (Å²) < 4.78 is 0. The van der Waals surface area contributed by atoms with Gasteiger partial charge >= 0.3 is 5.97 Å². The first-order chi connectivity index (χ1) is 9.49. The molecule has 0 unspecified atom stereocenters. The summed E-state index contributed by atoms with van der Waals surface area (Å²) in [4.78, 5) is 24.1. The standard InChI is InChI=1S/C14H16ClNO4/c1-2-16(7-8-17)14(20)11-4-3-10(12(15)9-11)5-6-13(18)19/h3-6,9,17H,2,7-8H2,1H3,(H,18,19)/b6-5+. The first-order valence-electron chi connectivity index (χ1n) is 6.10. The molecule has 0 saturated heterocycles. The second-order valence-corrected chi connectivity index (χ2v) is 4.42. The van der Waals surface area contributed by atoms with Crippen LogP contribution in [0.4, 0.5) is 0 Å². The van der Waals surface area contributed by atoms with Crippen LogP contribution < -0.4 is 0 Å². The summed E-state index contributed by atoms with van der Waals surface area (Å²) in [5.74, 6) is -1.29. The molecule has 0 heterocycles. The largest absolute Gasteiger partial charge is 0.478 e. The molecule has 0 radical (unpaired) electrons. The molecule has 0 aliphatic carbocycles. The zero-order valence-electron chi connectivity index (χ0n) is 11.0. The summed E-state index contributed by atoms with van der Waals surface area (Å²) in [5, 5.41) is 17.8. The molecule has 2 N–H and O–H groups in total. The summed E-state index contributed by atoms with van der Waals surface area (Å²) in [6, 6.07) is 4.66. The monoisotopic (exact) mass is 297 g/mol. The van der Waals surface area contributed by atoms with Gasteiger partial charge in [-0.2, -0.15) is 0 Å². The van der Waals surface area contributed by atoms with Gasteiger partial charge in [0.1, 0.15) is 0 Å². The van der Waals surface area contributed by atoms with Crippen LogP contribution in [0.3, 0.4) is 0 Å². The molecule has 1 aromatic carbocycles. The van der Waals surface area contributed by atoms with Crippen molar-refractivity contribution in [2.45, 2.75) is 6.92 Å². The lowest BCUT2D eigenvalue weighted by Gasteiger charge is -2.19. The molecule has 1 rings (SSSR count). The molecular weight excluding hydrogens is 282 g/mol. The molecule has 0 fully saturated rings. The summed E-state index contributed by atoms with van der Waals surface area (Å²) in [6.45, 7) is 2.46. The van der Waals surface area contributed by atoms with Gasteiger partial charge in [0, 0.05) is 29.8 Å². The summed E-state index contributed by atoms with van der Waals surface area (Å²) in [6.07, 6.45) is 2.34. The fourth-order valence-corrected chi connectivity index (χ4v) is 1.91. The number of aliphatic hydroxyl groups is 1. The number of halogens is 1. The van der Waals surface area contributed by atoms with Gasteiger partial charge < -0.3 is 15.1 Å². The molecule has 0 atom stereocenters. The van der Waals surface area contributed by atoms with Crippen LogP contribution in [0.15, 0.2) is 24.3 Å². The third kappa shape index (κ3) is 4.36. The number of carboxylic acids is 1. The number of carboxylic acid groups (broad SMARTS) is 1. The van der Waals surface area contributed by atoms with Gasteiger partial charge in [0.2, 0.25) is 0 Å². The van der Waals surface area contributed by atoms with Crippen molar-refractivity contribution in [1.29, 1.82) is 0 Å². The molecule has 1 amide bonds. The Morgan fingerprint density at radius 1 is 1.40 bits per heavy atom. The molecule has 5 nitrogen and oxygen atoms in total. The first kappa shape index (κ1) is 16.2. The highest BCUT2D eigenvalue weighted by atomic mass is 35.5. The maximum Gasteiger partial charge on any atom is 0.328 e. The van der Waals surface area contributed by atoms with E-state index in [-0.39, 0.29) is 19.1 Å². The van der Waals surface area contributed by atoms with Gasteiger partial charge in [0.15, 0.2) is 0 Å². The third-order valence-corrected chi connectivity index (χ3v) is 3.02. The molecule has 6 heteroatoms. The fraction of sp³-hybridized carbons (Fsp3) is 0.286. The van der Waals surface area contributed by atoms with Gasteiger partial charge in [-0.25, -0.2) is 4.79 Å². The van der Waals surface area contributed by atoms with E-state index in [0.717, 1.165) is 6.08 Å². The number of hydrogen-bond donors (Lipinski definition) is 2. The summed E-state index contributed by atoms with van der Waals surface area (Å²) in [7, 11) is 0. The van der Waals surface area contributed by atoms with Crippen LogP contribution in [0.25, 0.3) is 6.08 Å². The Bertz CT molecular complexity index is 528. The number of likely N-dealkylation sites (N-methyl/N-ethyl adjacent to an activating group) is 1. The number of carbonyl (C=O) groups excluding carboxylic acids is 1. The Morgan fingerprint density at radius 3 is 2.60 bits per heavy atom. The lowest BCUT2D eigenvalue weighted by atomic mass is 10.1. The SMILES string of the molecule is CCN(CCO)C(=O)c1ccc(/C=C/C(=O)O)c(Cl)c1. The van der Waals surface area contributed by atoms with Crippen LogP contribution in [-0.4, -0.2) is 46.7 Å². The minimum Gasteiger partial charge on any atom is -0.478 e. The van der Waals surface area contributed by atoms with E-state index in [1.165, 1.54) is 17.0 Å². The maximum absolute atomic E-state index is 12.1. The zero-order chi connectivity index (χ0) is 15.1. The number of hydrogen-bond acceptors (Lipinski definition) is 3. The molecule has 0 aliphatic rings. The van der Waals surface area contributed by atoms with E-state index in [0.29, 0.717) is 22.7 Å². The molecule has 0 aliphatic heterocycles. The highest BCUT2D eigenvalue weighted by Gasteiger charge is 2.14. The Labute approximate surface area is 122 Å². The van der Waals surface area contributed by atoms with Crippen LogP contribution in [0.1, 0.15) is 22.8 Å². The van der Waals surface area contributed by atoms with Gasteiger partial charge in [0.05, 0.1) is 6.61 Å². The minimum atomic E-state index is -1.07. The van der Waals surface area contributed by atoms with Gasteiger partial charge in [-0.3, -0.25) is 4.79 Å². The molecule has 1 aromatic rings. The minimum absolute atomic E-state index is 0.104. The Kier molecular flexibility index (Phi) is 6.21. The van der Waals surface area contributed by atoms with E-state index in [1.807, 2.05) is 6.92 Å². The number of aliphatic hydroxyl groups excluding tert-OH is 1. The quantitative estimate of drug-likeness (QED) is 0.786. The van der Waals surface area contributed by atoms with Crippen molar-refractivity contribution >= 4 is 29.6 Å². The number of benzene rings is 1. The topological polar surface area (TPSA) is 77.8 Å². The van der Waals surface area contributed by atoms with Crippen molar-refractivity contribution < 1.29 is 19.8 Å². The average Bonchev–Trinajstić information content (AvgIpc) is 2.42. The van der Waals surface area contributed by atoms with Crippen molar-refractivity contribution in [2.24, 2.45) is 0 Å². The first-order valence-corrected chi connectivity index (χ1v) is 6.48. The van der Waals surface area contributed by atoms with Crippen LogP contribution in [-0.2, 0) is 4.79 Å². The van der Waals surface area contributed by atoms with E-state index in [9.17, 15) is 9.59 Å². The van der Waals surface area contributed by atoms with Crippen LogP contribution in [0.2, 0.25) is 5.02 Å². The summed E-state index contributed by atoms with van der Waals surface area (Å²) in [5.41, 5.74) is 0.925. The second-order valence-electron chi connectivity index (χ2n) is 4.02. The van der Waals surface area contributed by atoms with Crippen molar-refractivity contribution in [2.75, 3.05) is 19.7 Å². The number of amides is 1. The van der Waals surface area contributed by atoms with E-state index in [1.54, 1.807) is 12.1 Å². The van der Waals surface area contributed by atoms with E-state index >= 15 is 0 Å². The van der Waals surface area contributed by atoms with Gasteiger partial charge in [-0.15, -0.1) is 0 Å². The molecule has 0 spiro atoms. The Hall–Kier alpha value is -1.85. The second kappa shape index (κ2) is 7.67. The average molecular weight is 298 g/mol. The molecule has 108 valence electrons. The Morgan fingerprint density at radius 2 is 2.10 bits per heavy atom. The summed E-state index contributed by atoms with van der Waals surface area (Å²) >= 11 is 6.02.